The number of alkyl halides is 4. The fraction of sp³-hybridized carbons (Fsp3) is 1.00. The van der Waals surface area contributed by atoms with E-state index in [2.05, 4.69) is 13.3 Å². The van der Waals surface area contributed by atoms with Crippen molar-refractivity contribution in [1.29, 1.82) is 0 Å². The van der Waals surface area contributed by atoms with Crippen LogP contribution in [0, 0.1) is 0 Å². The van der Waals surface area contributed by atoms with Crippen molar-refractivity contribution in [1.82, 2.24) is 0 Å². The van der Waals surface area contributed by atoms with Gasteiger partial charge in [-0.05, 0) is 0 Å². The molecule has 0 aromatic rings. The molecule has 0 aliphatic rings. The lowest BCUT2D eigenvalue weighted by Gasteiger charge is -2.30. The molecule has 0 atom stereocenters. The van der Waals surface area contributed by atoms with Crippen LogP contribution in [0.25, 0.3) is 0 Å². The first kappa shape index (κ1) is 12.8. The molecule has 0 aromatic heterocycles. The van der Waals surface area contributed by atoms with E-state index in [1.165, 1.54) is 0 Å². The highest BCUT2D eigenvalue weighted by Gasteiger charge is 2.69. The molecule has 0 N–H and O–H groups in total. The van der Waals surface area contributed by atoms with E-state index < -0.39 is 20.8 Å². The molecule has 0 heterocycles. The molecular weight excluding hydrogens is 212 g/mol. The first-order chi connectivity index (χ1) is 5.88. The quantitative estimate of drug-likeness (QED) is 0.518. The van der Waals surface area contributed by atoms with Crippen LogP contribution in [0.15, 0.2) is 0 Å². The minimum atomic E-state index is -4.59. The van der Waals surface area contributed by atoms with Crippen molar-refractivity contribution < 1.29 is 30.8 Å². The first-order valence-corrected chi connectivity index (χ1v) is 4.91. The highest BCUT2D eigenvalue weighted by Crippen LogP contribution is 2.34. The Bertz CT molecular complexity index is 154. The fourth-order valence-electron chi connectivity index (χ4n) is 0.792. The SMILES string of the molecule is CO[Si](OC)(OC)C(F)(F)C(F)F. The third-order valence-corrected chi connectivity index (χ3v) is 4.14. The molecule has 80 valence electrons. The van der Waals surface area contributed by atoms with Gasteiger partial charge < -0.3 is 13.3 Å². The Morgan fingerprint density at radius 2 is 1.31 bits per heavy atom. The second kappa shape index (κ2) is 4.36. The number of rotatable bonds is 5. The molecule has 0 unspecified atom stereocenters. The molecule has 8 heteroatoms. The van der Waals surface area contributed by atoms with Gasteiger partial charge in [0.05, 0.1) is 0 Å². The van der Waals surface area contributed by atoms with Gasteiger partial charge in [-0.3, -0.25) is 0 Å². The number of hydrogen-bond acceptors (Lipinski definition) is 3. The number of hydrogen-bond donors (Lipinski definition) is 0. The Morgan fingerprint density at radius 3 is 1.38 bits per heavy atom. The van der Waals surface area contributed by atoms with E-state index in [9.17, 15) is 17.6 Å². The van der Waals surface area contributed by atoms with Crippen molar-refractivity contribution in [2.75, 3.05) is 21.3 Å². The van der Waals surface area contributed by atoms with Gasteiger partial charge >= 0.3 is 20.8 Å². The predicted octanol–water partition coefficient (Wildman–Crippen LogP) is 1.30. The van der Waals surface area contributed by atoms with Gasteiger partial charge in [0.1, 0.15) is 0 Å². The van der Waals surface area contributed by atoms with Crippen molar-refractivity contribution in [3.05, 3.63) is 0 Å². The topological polar surface area (TPSA) is 27.7 Å². The average molecular weight is 222 g/mol. The normalized spacial score (nSPS) is 13.8. The molecule has 0 aliphatic heterocycles. The summed E-state index contributed by atoms with van der Waals surface area (Å²) in [4.78, 5) is 0. The Balaban J connectivity index is 4.91. The highest BCUT2D eigenvalue weighted by atomic mass is 28.4. The summed E-state index contributed by atoms with van der Waals surface area (Å²) in [6.07, 6.45) is -3.88. The van der Waals surface area contributed by atoms with Gasteiger partial charge in [-0.1, -0.05) is 0 Å². The van der Waals surface area contributed by atoms with Crippen LogP contribution in [0.1, 0.15) is 0 Å². The molecule has 0 saturated carbocycles. The summed E-state index contributed by atoms with van der Waals surface area (Å²) in [7, 11) is -2.06. The van der Waals surface area contributed by atoms with Crippen molar-refractivity contribution in [2.24, 2.45) is 0 Å². The van der Waals surface area contributed by atoms with Crippen LogP contribution in [0.4, 0.5) is 17.6 Å². The van der Waals surface area contributed by atoms with Gasteiger partial charge in [0.25, 0.3) is 0 Å². The average Bonchev–Trinajstić information content (AvgIpc) is 2.08. The molecule has 0 bridgehead atoms. The van der Waals surface area contributed by atoms with Crippen LogP contribution in [0.2, 0.25) is 0 Å². The molecule has 0 fully saturated rings. The highest BCUT2D eigenvalue weighted by molar-refractivity contribution is 6.63. The Labute approximate surface area is 74.0 Å². The van der Waals surface area contributed by atoms with E-state index in [1.807, 2.05) is 0 Å². The van der Waals surface area contributed by atoms with E-state index in [1.54, 1.807) is 0 Å². The van der Waals surface area contributed by atoms with E-state index in [4.69, 9.17) is 0 Å². The molecule has 13 heavy (non-hydrogen) atoms. The third-order valence-electron chi connectivity index (χ3n) is 1.49. The predicted molar refractivity (Wildman–Crippen MR) is 37.7 cm³/mol. The summed E-state index contributed by atoms with van der Waals surface area (Å²) in [5, 5.41) is 0. The van der Waals surface area contributed by atoms with Gasteiger partial charge in [0.2, 0.25) is 0 Å². The molecule has 0 aromatic carbocycles. The summed E-state index contributed by atoms with van der Waals surface area (Å²) in [5.74, 6) is 0. The van der Waals surface area contributed by atoms with Gasteiger partial charge in [-0.25, -0.2) is 8.78 Å². The van der Waals surface area contributed by atoms with Crippen LogP contribution in [-0.2, 0) is 13.3 Å². The standard InChI is InChI=1S/C5H10F4O3Si/c1-10-13(11-2,12-3)5(8,9)4(6)7/h4H,1-3H3. The second-order valence-electron chi connectivity index (χ2n) is 2.09. The minimum Gasteiger partial charge on any atom is -0.373 e. The fourth-order valence-corrected chi connectivity index (χ4v) is 2.38. The zero-order valence-electron chi connectivity index (χ0n) is 7.31. The van der Waals surface area contributed by atoms with Gasteiger partial charge in [-0.2, -0.15) is 8.78 Å². The van der Waals surface area contributed by atoms with Crippen molar-refractivity contribution in [3.8, 4) is 0 Å². The summed E-state index contributed by atoms with van der Waals surface area (Å²) in [6.45, 7) is 0. The van der Waals surface area contributed by atoms with Gasteiger partial charge in [-0.15, -0.1) is 0 Å². The first-order valence-electron chi connectivity index (χ1n) is 3.19. The monoisotopic (exact) mass is 222 g/mol. The maximum atomic E-state index is 12.8. The smallest absolute Gasteiger partial charge is 0.373 e. The molecule has 0 saturated heterocycles. The molecule has 0 aliphatic carbocycles. The zero-order chi connectivity index (χ0) is 10.7. The molecular formula is C5H10F4O3Si. The molecule has 0 radical (unpaired) electrons. The largest absolute Gasteiger partial charge is 0.580 e. The van der Waals surface area contributed by atoms with Crippen molar-refractivity contribution in [2.45, 2.75) is 12.0 Å². The lowest BCUT2D eigenvalue weighted by Crippen LogP contribution is -2.62. The van der Waals surface area contributed by atoms with Gasteiger partial charge in [0.15, 0.2) is 0 Å². The second-order valence-corrected chi connectivity index (χ2v) is 5.10. The van der Waals surface area contributed by atoms with E-state index in [-0.39, 0.29) is 0 Å². The van der Waals surface area contributed by atoms with Gasteiger partial charge in [0, 0.05) is 21.3 Å². The zero-order valence-corrected chi connectivity index (χ0v) is 8.31. The minimum absolute atomic E-state index is 0.843. The van der Waals surface area contributed by atoms with Crippen molar-refractivity contribution in [3.63, 3.8) is 0 Å². The van der Waals surface area contributed by atoms with E-state index in [0.717, 1.165) is 21.3 Å². The van der Waals surface area contributed by atoms with Crippen LogP contribution in [0.5, 0.6) is 0 Å². The van der Waals surface area contributed by atoms with Crippen LogP contribution in [0.3, 0.4) is 0 Å². The number of halogens is 4. The molecule has 0 rings (SSSR count). The van der Waals surface area contributed by atoms with Crippen LogP contribution in [-0.4, -0.2) is 42.1 Å². The third kappa shape index (κ3) is 2.01. The lowest BCUT2D eigenvalue weighted by molar-refractivity contribution is -0.123. The van der Waals surface area contributed by atoms with Crippen LogP contribution >= 0.6 is 0 Å². The Hall–Kier alpha value is -0.183. The van der Waals surface area contributed by atoms with E-state index >= 15 is 0 Å². The molecule has 0 spiro atoms. The Morgan fingerprint density at radius 1 is 1.00 bits per heavy atom. The lowest BCUT2D eigenvalue weighted by atomic mass is 10.7. The Kier molecular flexibility index (Phi) is 4.29. The van der Waals surface area contributed by atoms with Crippen molar-refractivity contribution >= 4 is 8.80 Å². The van der Waals surface area contributed by atoms with E-state index in [0.29, 0.717) is 0 Å². The summed E-state index contributed by atoms with van der Waals surface area (Å²) in [6, 6.07) is 0. The summed E-state index contributed by atoms with van der Waals surface area (Å²) >= 11 is 0. The maximum Gasteiger partial charge on any atom is 0.580 e. The summed E-state index contributed by atoms with van der Waals surface area (Å²) in [5.41, 5.74) is -4.40. The summed E-state index contributed by atoms with van der Waals surface area (Å²) < 4.78 is 62.1. The molecule has 3 nitrogen and oxygen atoms in total. The molecule has 0 amide bonds. The van der Waals surface area contributed by atoms with Crippen LogP contribution < -0.4 is 0 Å². The maximum absolute atomic E-state index is 12.8.